The van der Waals surface area contributed by atoms with Crippen molar-refractivity contribution in [1.29, 1.82) is 0 Å². The highest BCUT2D eigenvalue weighted by atomic mass is 19.4. The summed E-state index contributed by atoms with van der Waals surface area (Å²) in [5.41, 5.74) is 0. The third kappa shape index (κ3) is 2.19. The van der Waals surface area contributed by atoms with E-state index in [0.717, 1.165) is 4.57 Å². The van der Waals surface area contributed by atoms with Crippen molar-refractivity contribution in [2.45, 2.75) is 19.3 Å². The Morgan fingerprint density at radius 2 is 1.90 bits per heavy atom. The number of hydrogen-bond acceptors (Lipinski definition) is 4. The highest BCUT2D eigenvalue weighted by Gasteiger charge is 2.39. The second-order valence-electron chi connectivity index (χ2n) is 4.33. The number of rotatable bonds is 1. The molecular formula is C11H9F4N5. The van der Waals surface area contributed by atoms with Crippen LogP contribution in [0, 0.1) is 5.95 Å². The molecule has 0 radical (unpaired) electrons. The van der Waals surface area contributed by atoms with Gasteiger partial charge in [0, 0.05) is 13.1 Å². The zero-order valence-electron chi connectivity index (χ0n) is 10.1. The van der Waals surface area contributed by atoms with E-state index in [9.17, 15) is 17.6 Å². The van der Waals surface area contributed by atoms with E-state index in [1.54, 1.807) is 11.0 Å². The molecule has 0 spiro atoms. The van der Waals surface area contributed by atoms with Gasteiger partial charge >= 0.3 is 6.18 Å². The highest BCUT2D eigenvalue weighted by Crippen LogP contribution is 2.30. The van der Waals surface area contributed by atoms with Crippen molar-refractivity contribution in [2.24, 2.45) is 0 Å². The van der Waals surface area contributed by atoms with Gasteiger partial charge in [-0.15, -0.1) is 10.2 Å². The Hall–Kier alpha value is -2.19. The molecule has 2 aromatic rings. The van der Waals surface area contributed by atoms with Gasteiger partial charge in [-0.05, 0) is 12.1 Å². The number of nitrogens with zero attached hydrogens (tertiary/aromatic N) is 5. The van der Waals surface area contributed by atoms with Gasteiger partial charge in [0.2, 0.25) is 11.8 Å². The van der Waals surface area contributed by atoms with Crippen LogP contribution in [0.2, 0.25) is 0 Å². The summed E-state index contributed by atoms with van der Waals surface area (Å²) < 4.78 is 52.1. The lowest BCUT2D eigenvalue weighted by atomic mass is 10.3. The number of pyridine rings is 1. The van der Waals surface area contributed by atoms with Crippen LogP contribution < -0.4 is 4.90 Å². The van der Waals surface area contributed by atoms with E-state index in [4.69, 9.17) is 0 Å². The first-order valence-corrected chi connectivity index (χ1v) is 5.82. The van der Waals surface area contributed by atoms with Crippen LogP contribution in [0.5, 0.6) is 0 Å². The predicted molar refractivity (Wildman–Crippen MR) is 60.3 cm³/mol. The van der Waals surface area contributed by atoms with Gasteiger partial charge in [0.1, 0.15) is 5.82 Å². The van der Waals surface area contributed by atoms with Gasteiger partial charge < -0.3 is 9.47 Å². The molecule has 0 saturated heterocycles. The predicted octanol–water partition coefficient (Wildman–Crippen LogP) is 1.85. The lowest BCUT2D eigenvalue weighted by molar-refractivity contribution is -0.147. The Labute approximate surface area is 110 Å². The van der Waals surface area contributed by atoms with Gasteiger partial charge in [0.05, 0.1) is 6.54 Å². The minimum Gasteiger partial charge on any atom is -0.347 e. The summed E-state index contributed by atoms with van der Waals surface area (Å²) in [6.45, 7) is 0.472. The number of alkyl halides is 3. The molecule has 0 amide bonds. The van der Waals surface area contributed by atoms with Crippen LogP contribution in [0.4, 0.5) is 23.4 Å². The molecule has 106 valence electrons. The summed E-state index contributed by atoms with van der Waals surface area (Å²) in [7, 11) is 0. The molecule has 0 atom stereocenters. The Morgan fingerprint density at radius 1 is 1.10 bits per heavy atom. The van der Waals surface area contributed by atoms with Crippen LogP contribution in [-0.4, -0.2) is 26.3 Å². The second-order valence-corrected chi connectivity index (χ2v) is 4.33. The maximum absolute atomic E-state index is 13.1. The van der Waals surface area contributed by atoms with E-state index in [1.807, 2.05) is 0 Å². The topological polar surface area (TPSA) is 46.8 Å². The van der Waals surface area contributed by atoms with E-state index < -0.39 is 17.9 Å². The van der Waals surface area contributed by atoms with E-state index in [2.05, 4.69) is 15.2 Å². The first-order chi connectivity index (χ1) is 9.45. The van der Waals surface area contributed by atoms with Crippen LogP contribution in [0.1, 0.15) is 11.6 Å². The van der Waals surface area contributed by atoms with Crippen molar-refractivity contribution in [3.8, 4) is 0 Å². The molecule has 5 nitrogen and oxygen atoms in total. The number of anilines is 1. The molecule has 9 heteroatoms. The molecule has 0 unspecified atom stereocenters. The number of halogens is 4. The summed E-state index contributed by atoms with van der Waals surface area (Å²) in [6, 6.07) is 4.30. The first-order valence-electron chi connectivity index (χ1n) is 5.82. The lowest BCUT2D eigenvalue weighted by Crippen LogP contribution is -2.35. The third-order valence-electron chi connectivity index (χ3n) is 3.03. The molecule has 3 rings (SSSR count). The van der Waals surface area contributed by atoms with E-state index in [1.165, 1.54) is 12.1 Å². The number of aromatic nitrogens is 4. The van der Waals surface area contributed by atoms with Gasteiger partial charge in [-0.2, -0.15) is 17.6 Å². The molecule has 3 heterocycles. The summed E-state index contributed by atoms with van der Waals surface area (Å²) in [5.74, 6) is -1.08. The largest absolute Gasteiger partial charge is 0.451 e. The van der Waals surface area contributed by atoms with E-state index >= 15 is 0 Å². The van der Waals surface area contributed by atoms with Crippen molar-refractivity contribution < 1.29 is 17.6 Å². The lowest BCUT2D eigenvalue weighted by Gasteiger charge is -2.28. The molecule has 0 aromatic carbocycles. The van der Waals surface area contributed by atoms with Crippen LogP contribution in [0.3, 0.4) is 0 Å². The average Bonchev–Trinajstić information content (AvgIpc) is 2.81. The molecule has 0 fully saturated rings. The summed E-state index contributed by atoms with van der Waals surface area (Å²) in [6.07, 6.45) is -4.52. The van der Waals surface area contributed by atoms with Crippen molar-refractivity contribution in [1.82, 2.24) is 19.7 Å². The van der Waals surface area contributed by atoms with Crippen LogP contribution >= 0.6 is 0 Å². The van der Waals surface area contributed by atoms with Gasteiger partial charge in [0.25, 0.3) is 0 Å². The van der Waals surface area contributed by atoms with Crippen LogP contribution in [0.15, 0.2) is 18.2 Å². The molecule has 1 aliphatic rings. The number of hydrogen-bond donors (Lipinski definition) is 0. The standard InChI is InChI=1S/C11H9F4N5/c12-7-2-1-3-8(16-7)19-4-5-20-9(6-19)17-18-10(20)11(13,14)15/h1-3H,4-6H2. The van der Waals surface area contributed by atoms with E-state index in [0.29, 0.717) is 5.82 Å². The smallest absolute Gasteiger partial charge is 0.347 e. The zero-order chi connectivity index (χ0) is 14.3. The molecule has 0 saturated carbocycles. The average molecular weight is 287 g/mol. The molecule has 0 aliphatic carbocycles. The Morgan fingerprint density at radius 3 is 2.60 bits per heavy atom. The van der Waals surface area contributed by atoms with Crippen molar-refractivity contribution >= 4 is 5.82 Å². The molecule has 2 aromatic heterocycles. The van der Waals surface area contributed by atoms with Gasteiger partial charge in [-0.25, -0.2) is 4.98 Å². The zero-order valence-corrected chi connectivity index (χ0v) is 10.1. The molecule has 1 aliphatic heterocycles. The number of fused-ring (bicyclic) bond motifs is 1. The highest BCUT2D eigenvalue weighted by molar-refractivity contribution is 5.38. The maximum Gasteiger partial charge on any atom is 0.451 e. The summed E-state index contributed by atoms with van der Waals surface area (Å²) in [4.78, 5) is 5.36. The summed E-state index contributed by atoms with van der Waals surface area (Å²) >= 11 is 0. The van der Waals surface area contributed by atoms with E-state index in [-0.39, 0.29) is 25.5 Å². The maximum atomic E-state index is 13.1. The Balaban J connectivity index is 1.88. The fourth-order valence-electron chi connectivity index (χ4n) is 2.14. The Kier molecular flexibility index (Phi) is 2.84. The minimum absolute atomic E-state index is 0.0787. The first kappa shape index (κ1) is 12.8. The molecule has 20 heavy (non-hydrogen) atoms. The van der Waals surface area contributed by atoms with Crippen molar-refractivity contribution in [3.05, 3.63) is 35.8 Å². The third-order valence-corrected chi connectivity index (χ3v) is 3.03. The van der Waals surface area contributed by atoms with Gasteiger partial charge in [0.15, 0.2) is 5.82 Å². The fourth-order valence-corrected chi connectivity index (χ4v) is 2.14. The minimum atomic E-state index is -4.52. The quantitative estimate of drug-likeness (QED) is 0.593. The second kappa shape index (κ2) is 4.43. The van der Waals surface area contributed by atoms with Gasteiger partial charge in [-0.3, -0.25) is 0 Å². The normalized spacial score (nSPS) is 15.3. The molecule has 0 N–H and O–H groups in total. The van der Waals surface area contributed by atoms with Crippen LogP contribution in [-0.2, 0) is 19.3 Å². The SMILES string of the molecule is Fc1cccc(N2CCn3c(nnc3C(F)(F)F)C2)n1. The summed E-state index contributed by atoms with van der Waals surface area (Å²) in [5, 5.41) is 6.73. The molecular weight excluding hydrogens is 278 g/mol. The van der Waals surface area contributed by atoms with Crippen molar-refractivity contribution in [2.75, 3.05) is 11.4 Å². The fraction of sp³-hybridized carbons (Fsp3) is 0.364. The van der Waals surface area contributed by atoms with Crippen molar-refractivity contribution in [3.63, 3.8) is 0 Å². The van der Waals surface area contributed by atoms with Crippen LogP contribution in [0.25, 0.3) is 0 Å². The Bertz CT molecular complexity index is 636. The molecule has 0 bridgehead atoms. The van der Waals surface area contributed by atoms with Gasteiger partial charge in [-0.1, -0.05) is 6.07 Å². The monoisotopic (exact) mass is 287 g/mol.